The van der Waals surface area contributed by atoms with Crippen LogP contribution in [-0.4, -0.2) is 29.9 Å². The predicted octanol–water partition coefficient (Wildman–Crippen LogP) is 4.20. The van der Waals surface area contributed by atoms with Crippen molar-refractivity contribution in [3.63, 3.8) is 0 Å². The van der Waals surface area contributed by atoms with Crippen molar-refractivity contribution in [3.8, 4) is 0 Å². The number of pyridine rings is 1. The van der Waals surface area contributed by atoms with Crippen LogP contribution in [0.3, 0.4) is 0 Å². The van der Waals surface area contributed by atoms with Crippen LogP contribution in [0.1, 0.15) is 41.6 Å². The molecule has 1 fully saturated rings. The first-order valence-electron chi connectivity index (χ1n) is 9.44. The Morgan fingerprint density at radius 1 is 1.07 bits per heavy atom. The van der Waals surface area contributed by atoms with Crippen molar-refractivity contribution in [1.29, 1.82) is 0 Å². The Morgan fingerprint density at radius 2 is 1.76 bits per heavy atom. The van der Waals surface area contributed by atoms with E-state index in [4.69, 9.17) is 0 Å². The zero-order chi connectivity index (χ0) is 19.1. The molecule has 0 spiro atoms. The molecule has 29 heavy (non-hydrogen) atoms. The van der Waals surface area contributed by atoms with Gasteiger partial charge in [0.25, 0.3) is 5.91 Å². The first-order valence-corrected chi connectivity index (χ1v) is 9.44. The second-order valence-electron chi connectivity index (χ2n) is 7.00. The lowest BCUT2D eigenvalue weighted by molar-refractivity contribution is -0.116. The summed E-state index contributed by atoms with van der Waals surface area (Å²) in [6, 6.07) is 8.88. The second kappa shape index (κ2) is 12.4. The van der Waals surface area contributed by atoms with Crippen LogP contribution >= 0.6 is 24.8 Å². The van der Waals surface area contributed by atoms with Crippen LogP contribution in [0.25, 0.3) is 0 Å². The third-order valence-corrected chi connectivity index (χ3v) is 4.95. The van der Waals surface area contributed by atoms with Crippen LogP contribution in [0.4, 0.5) is 11.4 Å². The van der Waals surface area contributed by atoms with Gasteiger partial charge in [-0.3, -0.25) is 14.6 Å². The number of anilines is 2. The van der Waals surface area contributed by atoms with Gasteiger partial charge in [0.15, 0.2) is 0 Å². The molecule has 0 saturated carbocycles. The molecule has 1 aliphatic rings. The summed E-state index contributed by atoms with van der Waals surface area (Å²) in [6.45, 7) is 4.01. The molecule has 1 aromatic heterocycles. The summed E-state index contributed by atoms with van der Waals surface area (Å²) in [6.07, 6.45) is 6.90. The minimum Gasteiger partial charge on any atom is -0.326 e. The zero-order valence-corrected chi connectivity index (χ0v) is 18.1. The summed E-state index contributed by atoms with van der Waals surface area (Å²) in [5.74, 6) is 0.448. The molecule has 6 nitrogen and oxygen atoms in total. The monoisotopic (exact) mass is 438 g/mol. The minimum atomic E-state index is -0.199. The number of piperidine rings is 1. The molecule has 0 bridgehead atoms. The number of nitrogens with one attached hydrogen (secondary N) is 3. The molecule has 0 unspecified atom stereocenters. The van der Waals surface area contributed by atoms with Gasteiger partial charge in [-0.15, -0.1) is 24.8 Å². The number of hydrogen-bond donors (Lipinski definition) is 3. The van der Waals surface area contributed by atoms with E-state index in [1.54, 1.807) is 30.6 Å². The summed E-state index contributed by atoms with van der Waals surface area (Å²) < 4.78 is 0. The number of carbonyl (C=O) groups excluding carboxylic acids is 2. The van der Waals surface area contributed by atoms with Crippen LogP contribution in [0.2, 0.25) is 0 Å². The van der Waals surface area contributed by atoms with Gasteiger partial charge >= 0.3 is 0 Å². The van der Waals surface area contributed by atoms with Gasteiger partial charge in [-0.1, -0.05) is 6.07 Å². The molecule has 3 rings (SSSR count). The minimum absolute atomic E-state index is 0. The molecule has 0 atom stereocenters. The van der Waals surface area contributed by atoms with Gasteiger partial charge in [-0.05, 0) is 75.0 Å². The first kappa shape index (κ1) is 24.9. The molecule has 0 radical (unpaired) electrons. The molecule has 2 heterocycles. The highest BCUT2D eigenvalue weighted by atomic mass is 35.5. The van der Waals surface area contributed by atoms with Crippen LogP contribution in [0.15, 0.2) is 42.7 Å². The molecule has 1 saturated heterocycles. The van der Waals surface area contributed by atoms with E-state index in [1.165, 1.54) is 0 Å². The van der Waals surface area contributed by atoms with E-state index in [-0.39, 0.29) is 36.6 Å². The van der Waals surface area contributed by atoms with Crippen molar-refractivity contribution < 1.29 is 9.59 Å². The Morgan fingerprint density at radius 3 is 2.45 bits per heavy atom. The number of halogens is 2. The fourth-order valence-corrected chi connectivity index (χ4v) is 3.26. The van der Waals surface area contributed by atoms with Crippen molar-refractivity contribution in [2.24, 2.45) is 5.92 Å². The largest absolute Gasteiger partial charge is 0.326 e. The topological polar surface area (TPSA) is 83.1 Å². The third-order valence-electron chi connectivity index (χ3n) is 4.95. The Hall–Kier alpha value is -2.15. The fraction of sp³-hybridized carbons (Fsp3) is 0.381. The number of aryl methyl sites for hydroxylation is 1. The van der Waals surface area contributed by atoms with E-state index in [0.717, 1.165) is 37.9 Å². The fourth-order valence-electron chi connectivity index (χ4n) is 3.26. The van der Waals surface area contributed by atoms with Gasteiger partial charge in [-0.25, -0.2) is 0 Å². The standard InChI is InChI=1S/C21H26N4O2.2ClH/c1-15-2-4-18(24-20(26)5-3-16-6-10-22-11-7-16)14-19(15)25-21(27)17-8-12-23-13-9-17;;/h2,4,8-9,12-14,16,22H,3,5-7,10-11H2,1H3,(H,24,26)(H,25,27);2*1H. The van der Waals surface area contributed by atoms with E-state index in [0.29, 0.717) is 29.3 Å². The predicted molar refractivity (Wildman–Crippen MR) is 121 cm³/mol. The molecule has 1 aliphatic heterocycles. The highest BCUT2D eigenvalue weighted by Gasteiger charge is 2.15. The van der Waals surface area contributed by atoms with Crippen molar-refractivity contribution in [2.75, 3.05) is 23.7 Å². The maximum absolute atomic E-state index is 12.3. The summed E-state index contributed by atoms with van der Waals surface area (Å²) in [7, 11) is 0. The summed E-state index contributed by atoms with van der Waals surface area (Å²) >= 11 is 0. The van der Waals surface area contributed by atoms with E-state index >= 15 is 0 Å². The Bertz CT molecular complexity index is 797. The molecule has 2 amide bonds. The Balaban J connectivity index is 0.00000210. The van der Waals surface area contributed by atoms with Gasteiger partial charge in [0.2, 0.25) is 5.91 Å². The van der Waals surface area contributed by atoms with Gasteiger partial charge in [0.1, 0.15) is 0 Å². The number of nitrogens with zero attached hydrogens (tertiary/aromatic N) is 1. The lowest BCUT2D eigenvalue weighted by Gasteiger charge is -2.22. The second-order valence-corrected chi connectivity index (χ2v) is 7.00. The molecule has 158 valence electrons. The number of benzene rings is 1. The molecule has 2 aromatic rings. The number of aromatic nitrogens is 1. The molecule has 3 N–H and O–H groups in total. The van der Waals surface area contributed by atoms with Crippen LogP contribution in [0.5, 0.6) is 0 Å². The molecular weight excluding hydrogens is 411 g/mol. The summed E-state index contributed by atoms with van der Waals surface area (Å²) in [5, 5.41) is 9.19. The Kier molecular flexibility index (Phi) is 10.7. The summed E-state index contributed by atoms with van der Waals surface area (Å²) in [4.78, 5) is 28.5. The van der Waals surface area contributed by atoms with Gasteiger partial charge < -0.3 is 16.0 Å². The average molecular weight is 439 g/mol. The Labute approximate surface area is 184 Å². The van der Waals surface area contributed by atoms with Gasteiger partial charge in [-0.2, -0.15) is 0 Å². The SMILES string of the molecule is Cc1ccc(NC(=O)CCC2CCNCC2)cc1NC(=O)c1ccncc1.Cl.Cl. The number of hydrogen-bond acceptors (Lipinski definition) is 4. The maximum atomic E-state index is 12.3. The van der Waals surface area contributed by atoms with Gasteiger partial charge in [0, 0.05) is 35.8 Å². The highest BCUT2D eigenvalue weighted by Crippen LogP contribution is 2.22. The number of rotatable bonds is 6. The smallest absolute Gasteiger partial charge is 0.255 e. The number of amides is 2. The molecule has 8 heteroatoms. The lowest BCUT2D eigenvalue weighted by Crippen LogP contribution is -2.28. The maximum Gasteiger partial charge on any atom is 0.255 e. The van der Waals surface area contributed by atoms with Crippen molar-refractivity contribution in [1.82, 2.24) is 10.3 Å². The highest BCUT2D eigenvalue weighted by molar-refractivity contribution is 6.05. The molecular formula is C21H28Cl2N4O2. The normalized spacial score (nSPS) is 13.6. The third kappa shape index (κ3) is 7.65. The number of carbonyl (C=O) groups is 2. The van der Waals surface area contributed by atoms with Crippen LogP contribution < -0.4 is 16.0 Å². The van der Waals surface area contributed by atoms with E-state index in [9.17, 15) is 9.59 Å². The lowest BCUT2D eigenvalue weighted by atomic mass is 9.93. The quantitative estimate of drug-likeness (QED) is 0.630. The van der Waals surface area contributed by atoms with Crippen molar-refractivity contribution >= 4 is 48.0 Å². The van der Waals surface area contributed by atoms with E-state index in [2.05, 4.69) is 20.9 Å². The van der Waals surface area contributed by atoms with Crippen molar-refractivity contribution in [3.05, 3.63) is 53.9 Å². The van der Waals surface area contributed by atoms with E-state index < -0.39 is 0 Å². The average Bonchev–Trinajstić information content (AvgIpc) is 2.70. The van der Waals surface area contributed by atoms with E-state index in [1.807, 2.05) is 19.1 Å². The van der Waals surface area contributed by atoms with Crippen molar-refractivity contribution in [2.45, 2.75) is 32.6 Å². The molecule has 1 aromatic carbocycles. The first-order chi connectivity index (χ1) is 13.1. The zero-order valence-electron chi connectivity index (χ0n) is 16.4. The molecule has 0 aliphatic carbocycles. The van der Waals surface area contributed by atoms with Crippen LogP contribution in [0, 0.1) is 12.8 Å². The van der Waals surface area contributed by atoms with Crippen LogP contribution in [-0.2, 0) is 4.79 Å². The van der Waals surface area contributed by atoms with Gasteiger partial charge in [0.05, 0.1) is 0 Å². The summed E-state index contributed by atoms with van der Waals surface area (Å²) in [5.41, 5.74) is 2.86.